The van der Waals surface area contributed by atoms with Gasteiger partial charge >= 0.3 is 0 Å². The summed E-state index contributed by atoms with van der Waals surface area (Å²) in [5, 5.41) is 129. The normalized spacial score (nSPS) is 43.7. The molecule has 22 nitrogen and oxygen atoms in total. The van der Waals surface area contributed by atoms with Crippen LogP contribution in [0.3, 0.4) is 0 Å². The molecular weight excluding hydrogens is 776 g/mol. The van der Waals surface area contributed by atoms with Gasteiger partial charge in [-0.1, -0.05) is 6.08 Å². The second-order valence-corrected chi connectivity index (χ2v) is 16.4. The molecule has 0 bridgehead atoms. The van der Waals surface area contributed by atoms with Crippen molar-refractivity contribution in [3.63, 3.8) is 0 Å². The van der Waals surface area contributed by atoms with Gasteiger partial charge in [-0.3, -0.25) is 0 Å². The van der Waals surface area contributed by atoms with Crippen molar-refractivity contribution in [2.75, 3.05) is 33.9 Å². The number of hydrogen-bond donors (Lipinski definition) is 13. The quantitative estimate of drug-likeness (QED) is 0.0822. The third-order valence-corrected chi connectivity index (χ3v) is 12.1. The molecule has 0 radical (unpaired) electrons. The minimum Gasteiger partial charge on any atom is -0.462 e. The van der Waals surface area contributed by atoms with Gasteiger partial charge in [-0.05, 0) is 36.8 Å². The number of ether oxygens (including phenoxy) is 6. The minimum absolute atomic E-state index is 0.00923. The van der Waals surface area contributed by atoms with E-state index in [1.165, 1.54) is 51.4 Å². The molecule has 0 aromatic heterocycles. The predicted molar refractivity (Wildman–Crippen MR) is 183 cm³/mol. The molecule has 23 heteroatoms. The first kappa shape index (κ1) is 45.0. The van der Waals surface area contributed by atoms with Crippen LogP contribution < -0.4 is 10.1 Å². The zero-order valence-corrected chi connectivity index (χ0v) is 31.3. The Labute approximate surface area is 321 Å². The van der Waals surface area contributed by atoms with Gasteiger partial charge in [-0.15, -0.1) is 0 Å². The molecule has 320 valence electrons. The lowest BCUT2D eigenvalue weighted by Gasteiger charge is -2.48. The van der Waals surface area contributed by atoms with E-state index in [4.69, 9.17) is 28.4 Å². The van der Waals surface area contributed by atoms with Gasteiger partial charge in [0.25, 0.3) is 0 Å². The highest BCUT2D eigenvalue weighted by molar-refractivity contribution is 7.89. The van der Waals surface area contributed by atoms with Gasteiger partial charge in [0.05, 0.1) is 42.9 Å². The van der Waals surface area contributed by atoms with E-state index in [-0.39, 0.29) is 16.2 Å². The summed E-state index contributed by atoms with van der Waals surface area (Å²) < 4.78 is 59.9. The van der Waals surface area contributed by atoms with Crippen molar-refractivity contribution in [3.8, 4) is 5.75 Å². The van der Waals surface area contributed by atoms with Gasteiger partial charge < -0.3 is 95.0 Å². The molecule has 3 heterocycles. The summed E-state index contributed by atoms with van der Waals surface area (Å²) in [5.74, 6) is 0.0409. The summed E-state index contributed by atoms with van der Waals surface area (Å²) >= 11 is 0. The summed E-state index contributed by atoms with van der Waals surface area (Å²) in [5.41, 5.74) is 0.00923. The SMILES string of the molecule is CC1OC(OC2C(CO)OC(OC3C(CO)OC(Oc4ccc(S(=O)(=O)N(C)C)cc4)C(O)C3O)C(O)C2O)C(O)C(O)C1NC1C=C(CO)C(O)C(O)C1O. The van der Waals surface area contributed by atoms with Gasteiger partial charge in [0, 0.05) is 14.1 Å². The molecule has 19 atom stereocenters. The zero-order valence-electron chi connectivity index (χ0n) is 30.5. The van der Waals surface area contributed by atoms with Crippen LogP contribution in [-0.4, -0.2) is 224 Å². The minimum atomic E-state index is -3.75. The lowest BCUT2D eigenvalue weighted by Crippen LogP contribution is -2.68. The number of sulfonamides is 1. The van der Waals surface area contributed by atoms with Crippen molar-refractivity contribution in [3.05, 3.63) is 35.9 Å². The van der Waals surface area contributed by atoms with E-state index in [0.29, 0.717) is 0 Å². The molecule has 0 spiro atoms. The van der Waals surface area contributed by atoms with Crippen molar-refractivity contribution >= 4 is 10.0 Å². The molecular formula is C33H52N2O20S. The fraction of sp³-hybridized carbons (Fsp3) is 0.758. The fourth-order valence-corrected chi connectivity index (χ4v) is 7.83. The predicted octanol–water partition coefficient (Wildman–Crippen LogP) is -7.23. The molecule has 5 rings (SSSR count). The maximum atomic E-state index is 12.4. The molecule has 19 unspecified atom stereocenters. The molecule has 3 saturated heterocycles. The first-order valence-electron chi connectivity index (χ1n) is 17.7. The molecule has 1 aromatic rings. The molecule has 56 heavy (non-hydrogen) atoms. The number of nitrogens with zero attached hydrogens (tertiary/aromatic N) is 1. The Hall–Kier alpha value is -2.05. The summed E-state index contributed by atoms with van der Waals surface area (Å²) in [7, 11) is -1.03. The van der Waals surface area contributed by atoms with Crippen LogP contribution in [0, 0.1) is 0 Å². The molecule has 4 aliphatic rings. The van der Waals surface area contributed by atoms with Gasteiger partial charge in [0.2, 0.25) is 16.3 Å². The van der Waals surface area contributed by atoms with E-state index in [9.17, 15) is 69.7 Å². The molecule has 1 aromatic carbocycles. The molecule has 3 fully saturated rings. The average Bonchev–Trinajstić information content (AvgIpc) is 3.17. The third-order valence-electron chi connectivity index (χ3n) is 10.3. The maximum absolute atomic E-state index is 12.4. The highest BCUT2D eigenvalue weighted by Crippen LogP contribution is 2.34. The van der Waals surface area contributed by atoms with E-state index in [1.807, 2.05) is 0 Å². The molecule has 0 amide bonds. The van der Waals surface area contributed by atoms with E-state index >= 15 is 0 Å². The Morgan fingerprint density at radius 1 is 0.679 bits per heavy atom. The summed E-state index contributed by atoms with van der Waals surface area (Å²) in [6, 6.07) is 2.86. The highest BCUT2D eigenvalue weighted by atomic mass is 32.2. The Balaban J connectivity index is 1.21. The van der Waals surface area contributed by atoms with Gasteiger partial charge in [0.15, 0.2) is 12.6 Å². The Morgan fingerprint density at radius 3 is 1.70 bits per heavy atom. The van der Waals surface area contributed by atoms with E-state index < -0.39 is 146 Å². The van der Waals surface area contributed by atoms with Crippen molar-refractivity contribution in [2.45, 2.75) is 128 Å². The van der Waals surface area contributed by atoms with E-state index in [1.54, 1.807) is 0 Å². The summed E-state index contributed by atoms with van der Waals surface area (Å²) in [4.78, 5) is -0.0444. The van der Waals surface area contributed by atoms with E-state index in [2.05, 4.69) is 5.32 Å². The van der Waals surface area contributed by atoms with Gasteiger partial charge in [0.1, 0.15) is 85.1 Å². The first-order chi connectivity index (χ1) is 26.3. The van der Waals surface area contributed by atoms with Crippen LogP contribution in [0.25, 0.3) is 0 Å². The Bertz CT molecular complexity index is 1570. The van der Waals surface area contributed by atoms with Crippen LogP contribution in [0.2, 0.25) is 0 Å². The van der Waals surface area contributed by atoms with Crippen LogP contribution in [0.15, 0.2) is 40.8 Å². The Morgan fingerprint density at radius 2 is 1.18 bits per heavy atom. The lowest BCUT2D eigenvalue weighted by atomic mass is 9.86. The van der Waals surface area contributed by atoms with E-state index in [0.717, 1.165) is 4.31 Å². The standard InChI is InChI=1S/C33H52N2O20S/c1-12-19(34-16-8-13(9-36)20(39)23(42)21(16)40)22(41)26(45)31(50-12)54-29-18(11-38)53-33(28(47)25(29)44)55-30-17(10-37)52-32(27(46)24(30)43)51-14-4-6-15(7-5-14)56(48,49)35(2)3/h4-8,12,16-34,36-47H,9-11H2,1-3H3. The van der Waals surface area contributed by atoms with Crippen LogP contribution in [-0.2, 0) is 33.7 Å². The molecule has 1 aliphatic carbocycles. The van der Waals surface area contributed by atoms with Crippen molar-refractivity contribution in [1.82, 2.24) is 9.62 Å². The molecule has 3 aliphatic heterocycles. The number of benzene rings is 1. The number of nitrogens with one attached hydrogen (secondary N) is 1. The number of rotatable bonds is 13. The van der Waals surface area contributed by atoms with Crippen molar-refractivity contribution in [1.29, 1.82) is 0 Å². The monoisotopic (exact) mass is 828 g/mol. The van der Waals surface area contributed by atoms with Crippen LogP contribution in [0.5, 0.6) is 5.75 Å². The first-order valence-corrected chi connectivity index (χ1v) is 19.2. The second kappa shape index (κ2) is 18.5. The van der Waals surface area contributed by atoms with Crippen molar-refractivity contribution < 1.29 is 98.1 Å². The van der Waals surface area contributed by atoms with Gasteiger partial charge in [-0.25, -0.2) is 12.7 Å². The zero-order chi connectivity index (χ0) is 41.4. The smallest absolute Gasteiger partial charge is 0.242 e. The Kier molecular flexibility index (Phi) is 14.9. The second-order valence-electron chi connectivity index (χ2n) is 14.2. The summed E-state index contributed by atoms with van der Waals surface area (Å²) in [6.07, 6.45) is -27.0. The average molecular weight is 829 g/mol. The largest absolute Gasteiger partial charge is 0.462 e. The van der Waals surface area contributed by atoms with Crippen LogP contribution in [0.1, 0.15) is 6.92 Å². The summed E-state index contributed by atoms with van der Waals surface area (Å²) in [6.45, 7) is -0.850. The van der Waals surface area contributed by atoms with Crippen molar-refractivity contribution in [2.24, 2.45) is 0 Å². The number of aliphatic hydroxyl groups excluding tert-OH is 12. The number of hydrogen-bond acceptors (Lipinski definition) is 21. The van der Waals surface area contributed by atoms with Crippen LogP contribution >= 0.6 is 0 Å². The lowest BCUT2D eigenvalue weighted by molar-refractivity contribution is -0.372. The maximum Gasteiger partial charge on any atom is 0.242 e. The topological polar surface area (TPSA) is 348 Å². The molecule has 0 saturated carbocycles. The fourth-order valence-electron chi connectivity index (χ4n) is 6.93. The highest BCUT2D eigenvalue weighted by Gasteiger charge is 2.54. The van der Waals surface area contributed by atoms with Crippen LogP contribution in [0.4, 0.5) is 0 Å². The third kappa shape index (κ3) is 9.07. The molecule has 13 N–H and O–H groups in total. The number of aliphatic hydroxyl groups is 12. The van der Waals surface area contributed by atoms with Gasteiger partial charge in [-0.2, -0.15) is 0 Å².